The minimum absolute atomic E-state index is 0.0285. The fourth-order valence-electron chi connectivity index (χ4n) is 5.06. The molecule has 1 aromatic heterocycles. The molecular formula is C26H27N5O3. The smallest absolute Gasteiger partial charge is 0.269 e. The summed E-state index contributed by atoms with van der Waals surface area (Å²) in [6.07, 6.45) is 1.25. The zero-order valence-electron chi connectivity index (χ0n) is 19.7. The molecule has 0 spiro atoms. The predicted molar refractivity (Wildman–Crippen MR) is 132 cm³/mol. The van der Waals surface area contributed by atoms with Crippen LogP contribution in [0.5, 0.6) is 0 Å². The number of aromatic nitrogens is 2. The Bertz CT molecular complexity index is 1320. The van der Waals surface area contributed by atoms with E-state index < -0.39 is 4.92 Å². The van der Waals surface area contributed by atoms with Crippen LogP contribution >= 0.6 is 0 Å². The molecule has 2 N–H and O–H groups in total. The van der Waals surface area contributed by atoms with Gasteiger partial charge in [0.05, 0.1) is 10.6 Å². The van der Waals surface area contributed by atoms with Crippen molar-refractivity contribution in [3.8, 4) is 11.3 Å². The first-order chi connectivity index (χ1) is 16.1. The number of carbonyl (C=O) groups is 1. The molecule has 1 aliphatic carbocycles. The van der Waals surface area contributed by atoms with Crippen molar-refractivity contribution in [1.29, 1.82) is 0 Å². The molecule has 2 aromatic carbocycles. The molecule has 0 fully saturated rings. The van der Waals surface area contributed by atoms with Gasteiger partial charge in [-0.1, -0.05) is 26.0 Å². The Morgan fingerprint density at radius 2 is 1.74 bits per heavy atom. The highest BCUT2D eigenvalue weighted by molar-refractivity contribution is 6.02. The maximum atomic E-state index is 13.5. The molecule has 5 rings (SSSR count). The molecule has 8 heteroatoms. The fraction of sp³-hybridized carbons (Fsp3) is 0.308. The van der Waals surface area contributed by atoms with Crippen LogP contribution in [0.4, 0.5) is 17.2 Å². The van der Waals surface area contributed by atoms with Crippen LogP contribution in [0, 0.1) is 15.5 Å². The number of aromatic amines is 1. The van der Waals surface area contributed by atoms with Crippen LogP contribution in [-0.4, -0.2) is 35.0 Å². The number of rotatable bonds is 4. The summed E-state index contributed by atoms with van der Waals surface area (Å²) in [5.74, 6) is 0.552. The largest absolute Gasteiger partial charge is 0.378 e. The molecule has 1 atom stereocenters. The van der Waals surface area contributed by atoms with Gasteiger partial charge in [0.25, 0.3) is 5.69 Å². The minimum atomic E-state index is -0.414. The first kappa shape index (κ1) is 21.9. The molecule has 8 nitrogen and oxygen atoms in total. The molecule has 0 radical (unpaired) electrons. The lowest BCUT2D eigenvalue weighted by atomic mass is 9.69. The van der Waals surface area contributed by atoms with Gasteiger partial charge in [0, 0.05) is 66.7 Å². The van der Waals surface area contributed by atoms with Gasteiger partial charge in [0.15, 0.2) is 11.6 Å². The van der Waals surface area contributed by atoms with Gasteiger partial charge in [-0.25, -0.2) is 0 Å². The number of hydrogen-bond acceptors (Lipinski definition) is 6. The second-order valence-corrected chi connectivity index (χ2v) is 10.0. The summed E-state index contributed by atoms with van der Waals surface area (Å²) in [7, 11) is 3.99. The van der Waals surface area contributed by atoms with Crippen LogP contribution in [-0.2, 0) is 4.79 Å². The van der Waals surface area contributed by atoms with Crippen LogP contribution in [0.2, 0.25) is 0 Å². The minimum Gasteiger partial charge on any atom is -0.378 e. The van der Waals surface area contributed by atoms with E-state index in [4.69, 9.17) is 0 Å². The summed E-state index contributed by atoms with van der Waals surface area (Å²) in [4.78, 5) is 26.2. The molecule has 0 saturated heterocycles. The third-order valence-electron chi connectivity index (χ3n) is 6.68. The van der Waals surface area contributed by atoms with E-state index in [9.17, 15) is 14.9 Å². The predicted octanol–water partition coefficient (Wildman–Crippen LogP) is 5.25. The Balaban J connectivity index is 1.68. The monoisotopic (exact) mass is 457 g/mol. The fourth-order valence-corrected chi connectivity index (χ4v) is 5.06. The lowest BCUT2D eigenvalue weighted by Gasteiger charge is -2.38. The average Bonchev–Trinajstić information content (AvgIpc) is 3.20. The van der Waals surface area contributed by atoms with Crippen LogP contribution < -0.4 is 10.2 Å². The van der Waals surface area contributed by atoms with E-state index in [0.29, 0.717) is 12.2 Å². The molecule has 1 unspecified atom stereocenters. The van der Waals surface area contributed by atoms with Crippen LogP contribution in [0.25, 0.3) is 11.3 Å². The molecule has 2 aliphatic rings. The molecule has 0 amide bonds. The van der Waals surface area contributed by atoms with Crippen molar-refractivity contribution in [2.24, 2.45) is 5.41 Å². The van der Waals surface area contributed by atoms with Crippen molar-refractivity contribution in [2.45, 2.75) is 32.6 Å². The highest BCUT2D eigenvalue weighted by atomic mass is 16.6. The number of anilines is 2. The standard InChI is InChI=1S/C26H27N5O3/c1-26(2)13-19-22(20(32)14-26)21(15-5-9-17(10-6-15)30(3)4)23-24(28-29-25(23)27-19)16-7-11-18(12-8-16)31(33)34/h5-12,21H,13-14H2,1-4H3,(H2,27,28,29). The summed E-state index contributed by atoms with van der Waals surface area (Å²) >= 11 is 0. The van der Waals surface area contributed by atoms with Gasteiger partial charge in [0.2, 0.25) is 0 Å². The number of Topliss-reactive ketones (excluding diaryl/α,β-unsaturated/α-hetero) is 1. The highest BCUT2D eigenvalue weighted by Crippen LogP contribution is 2.51. The second kappa shape index (κ2) is 7.83. The number of non-ortho nitro benzene ring substituents is 1. The van der Waals surface area contributed by atoms with Crippen molar-refractivity contribution in [3.63, 3.8) is 0 Å². The maximum absolute atomic E-state index is 13.5. The number of nitro benzene ring substituents is 1. The molecule has 34 heavy (non-hydrogen) atoms. The van der Waals surface area contributed by atoms with Crippen molar-refractivity contribution in [3.05, 3.63) is 81.0 Å². The SMILES string of the molecule is CN(C)c1ccc(C2C3=C(CC(C)(C)CC3=O)Nc3n[nH]c(-c4ccc([N+](=O)[O-])cc4)c32)cc1. The van der Waals surface area contributed by atoms with Crippen molar-refractivity contribution < 1.29 is 9.72 Å². The van der Waals surface area contributed by atoms with E-state index in [1.165, 1.54) is 12.1 Å². The summed E-state index contributed by atoms with van der Waals surface area (Å²) < 4.78 is 0. The third-order valence-corrected chi connectivity index (χ3v) is 6.68. The number of ketones is 1. The van der Waals surface area contributed by atoms with Gasteiger partial charge in [0.1, 0.15) is 0 Å². The molecule has 0 saturated carbocycles. The zero-order chi connectivity index (χ0) is 24.2. The second-order valence-electron chi connectivity index (χ2n) is 10.0. The number of allylic oxidation sites excluding steroid dienone is 2. The molecule has 1 aliphatic heterocycles. The van der Waals surface area contributed by atoms with E-state index in [0.717, 1.165) is 45.8 Å². The van der Waals surface area contributed by atoms with Gasteiger partial charge in [-0.15, -0.1) is 0 Å². The van der Waals surface area contributed by atoms with Crippen LogP contribution in [0.3, 0.4) is 0 Å². The number of nitrogens with one attached hydrogen (secondary N) is 2. The first-order valence-electron chi connectivity index (χ1n) is 11.3. The van der Waals surface area contributed by atoms with Gasteiger partial charge >= 0.3 is 0 Å². The lowest BCUT2D eigenvalue weighted by molar-refractivity contribution is -0.384. The van der Waals surface area contributed by atoms with E-state index in [1.54, 1.807) is 12.1 Å². The number of fused-ring (bicyclic) bond motifs is 1. The highest BCUT2D eigenvalue weighted by Gasteiger charge is 2.42. The van der Waals surface area contributed by atoms with E-state index in [-0.39, 0.29) is 22.8 Å². The third kappa shape index (κ3) is 3.65. The maximum Gasteiger partial charge on any atom is 0.269 e. The number of hydrogen-bond donors (Lipinski definition) is 2. The first-order valence-corrected chi connectivity index (χ1v) is 11.3. The Kier molecular flexibility index (Phi) is 5.04. The quantitative estimate of drug-likeness (QED) is 0.410. The normalized spacial score (nSPS) is 18.7. The Morgan fingerprint density at radius 3 is 2.35 bits per heavy atom. The Morgan fingerprint density at radius 1 is 1.06 bits per heavy atom. The van der Waals surface area contributed by atoms with E-state index in [1.807, 2.05) is 19.0 Å². The molecular weight excluding hydrogens is 430 g/mol. The summed E-state index contributed by atoms with van der Waals surface area (Å²) in [6.45, 7) is 4.22. The number of nitrogens with zero attached hydrogens (tertiary/aromatic N) is 3. The van der Waals surface area contributed by atoms with E-state index >= 15 is 0 Å². The number of H-pyrrole nitrogens is 1. The number of carbonyl (C=O) groups excluding carboxylic acids is 1. The number of benzene rings is 2. The summed E-state index contributed by atoms with van der Waals surface area (Å²) in [5, 5.41) is 22.2. The van der Waals surface area contributed by atoms with Crippen LogP contribution in [0.15, 0.2) is 59.8 Å². The molecule has 174 valence electrons. The Hall–Kier alpha value is -3.94. The van der Waals surface area contributed by atoms with Crippen LogP contribution in [0.1, 0.15) is 43.7 Å². The zero-order valence-corrected chi connectivity index (χ0v) is 19.7. The van der Waals surface area contributed by atoms with Gasteiger partial charge in [-0.3, -0.25) is 20.0 Å². The summed E-state index contributed by atoms with van der Waals surface area (Å²) in [5.41, 5.74) is 6.12. The molecule has 2 heterocycles. The average molecular weight is 458 g/mol. The van der Waals surface area contributed by atoms with Crippen molar-refractivity contribution in [2.75, 3.05) is 24.3 Å². The summed E-state index contributed by atoms with van der Waals surface area (Å²) in [6, 6.07) is 14.7. The topological polar surface area (TPSA) is 104 Å². The molecule has 3 aromatic rings. The number of nitro groups is 1. The van der Waals surface area contributed by atoms with E-state index in [2.05, 4.69) is 53.6 Å². The van der Waals surface area contributed by atoms with Crippen molar-refractivity contribution >= 4 is 23.0 Å². The van der Waals surface area contributed by atoms with Gasteiger partial charge in [-0.2, -0.15) is 5.10 Å². The van der Waals surface area contributed by atoms with Gasteiger partial charge in [-0.05, 0) is 41.7 Å². The van der Waals surface area contributed by atoms with Crippen molar-refractivity contribution in [1.82, 2.24) is 10.2 Å². The van der Waals surface area contributed by atoms with Gasteiger partial charge < -0.3 is 10.2 Å². The lowest BCUT2D eigenvalue weighted by Crippen LogP contribution is -2.33. The molecule has 0 bridgehead atoms. The Labute approximate surface area is 197 Å².